The van der Waals surface area contributed by atoms with Crippen LogP contribution in [0.3, 0.4) is 0 Å². The summed E-state index contributed by atoms with van der Waals surface area (Å²) < 4.78 is 6.25. The molecule has 1 amide bonds. The average Bonchev–Trinajstić information content (AvgIpc) is 3.17. The van der Waals surface area contributed by atoms with E-state index in [1.54, 1.807) is 16.2 Å². The molecule has 3 aromatic rings. The third-order valence-electron chi connectivity index (χ3n) is 4.05. The van der Waals surface area contributed by atoms with E-state index in [0.717, 1.165) is 16.1 Å². The van der Waals surface area contributed by atoms with Crippen LogP contribution in [0.1, 0.15) is 24.4 Å². The fourth-order valence-electron chi connectivity index (χ4n) is 2.86. The van der Waals surface area contributed by atoms with Crippen molar-refractivity contribution in [1.29, 1.82) is 0 Å². The number of carbonyl (C=O) groups is 1. The summed E-state index contributed by atoms with van der Waals surface area (Å²) in [6.45, 7) is 1.85. The topological polar surface area (TPSA) is 68.2 Å². The van der Waals surface area contributed by atoms with Crippen molar-refractivity contribution in [2.24, 2.45) is 0 Å². The third kappa shape index (κ3) is 2.85. The molecule has 8 heteroatoms. The van der Waals surface area contributed by atoms with Crippen molar-refractivity contribution >= 4 is 34.7 Å². The number of aromatic nitrogens is 3. The number of nitrogens with zero attached hydrogens (tertiary/aromatic N) is 4. The van der Waals surface area contributed by atoms with Crippen molar-refractivity contribution in [3.8, 4) is 17.1 Å². The molecule has 26 heavy (non-hydrogen) atoms. The number of fused-ring (bicyclic) bond motifs is 3. The molecule has 0 spiro atoms. The van der Waals surface area contributed by atoms with Crippen LogP contribution >= 0.6 is 23.1 Å². The van der Waals surface area contributed by atoms with Crippen molar-refractivity contribution in [2.45, 2.75) is 24.7 Å². The van der Waals surface area contributed by atoms with E-state index in [9.17, 15) is 4.79 Å². The largest absolute Gasteiger partial charge is 0.446 e. The van der Waals surface area contributed by atoms with Gasteiger partial charge in [0.05, 0.1) is 10.6 Å². The number of rotatable bonds is 3. The summed E-state index contributed by atoms with van der Waals surface area (Å²) in [5, 5.41) is 11.0. The smallest absolute Gasteiger partial charge is 0.247 e. The summed E-state index contributed by atoms with van der Waals surface area (Å²) in [7, 11) is 0. The van der Waals surface area contributed by atoms with Gasteiger partial charge in [0, 0.05) is 12.0 Å². The maximum absolute atomic E-state index is 12.9. The number of hydrogen-bond acceptors (Lipinski definition) is 7. The second kappa shape index (κ2) is 7.05. The maximum atomic E-state index is 12.9. The second-order valence-corrected chi connectivity index (χ2v) is 7.33. The lowest BCUT2D eigenvalue weighted by atomic mass is 10.1. The van der Waals surface area contributed by atoms with Gasteiger partial charge in [-0.2, -0.15) is 4.98 Å². The minimum atomic E-state index is -0.587. The van der Waals surface area contributed by atoms with E-state index in [0.29, 0.717) is 23.2 Å². The Balaban J connectivity index is 1.97. The molecule has 2 aromatic heterocycles. The van der Waals surface area contributed by atoms with Crippen molar-refractivity contribution in [2.75, 3.05) is 11.2 Å². The molecule has 0 N–H and O–H groups in total. The molecule has 1 unspecified atom stereocenters. The summed E-state index contributed by atoms with van der Waals surface area (Å²) in [6, 6.07) is 11.5. The summed E-state index contributed by atoms with van der Waals surface area (Å²) in [5.74, 6) is 0.364. The number of para-hydroxylation sites is 1. The van der Waals surface area contributed by atoms with Crippen LogP contribution in [0.25, 0.3) is 11.3 Å². The first kappa shape index (κ1) is 17.0. The highest BCUT2D eigenvalue weighted by Gasteiger charge is 2.35. The Kier molecular flexibility index (Phi) is 4.60. The van der Waals surface area contributed by atoms with Crippen LogP contribution in [-0.2, 0) is 4.79 Å². The number of benzene rings is 1. The molecule has 0 radical (unpaired) electrons. The number of carbonyl (C=O) groups excluding carboxylic acids is 1. The third-order valence-corrected chi connectivity index (χ3v) is 5.49. The molecule has 0 aliphatic carbocycles. The average molecular weight is 384 g/mol. The molecule has 0 saturated carbocycles. The Morgan fingerprint density at radius 1 is 1.27 bits per heavy atom. The first-order chi connectivity index (χ1) is 12.7. The Morgan fingerprint density at radius 2 is 2.12 bits per heavy atom. The van der Waals surface area contributed by atoms with Crippen LogP contribution in [-0.4, -0.2) is 27.3 Å². The van der Waals surface area contributed by atoms with Crippen LogP contribution in [0.2, 0.25) is 0 Å². The lowest BCUT2D eigenvalue weighted by Crippen LogP contribution is -2.36. The highest BCUT2D eigenvalue weighted by molar-refractivity contribution is 7.98. The lowest BCUT2D eigenvalue weighted by Gasteiger charge is -2.29. The highest BCUT2D eigenvalue weighted by Crippen LogP contribution is 2.44. The summed E-state index contributed by atoms with van der Waals surface area (Å²) in [5.41, 5.74) is 2.09. The van der Waals surface area contributed by atoms with Crippen molar-refractivity contribution < 1.29 is 9.53 Å². The van der Waals surface area contributed by atoms with Gasteiger partial charge in [0.1, 0.15) is 0 Å². The van der Waals surface area contributed by atoms with Gasteiger partial charge in [-0.3, -0.25) is 9.69 Å². The molecule has 1 aliphatic rings. The summed E-state index contributed by atoms with van der Waals surface area (Å²) >= 11 is 2.94. The number of thioether (sulfide) groups is 1. The molecule has 1 aromatic carbocycles. The zero-order chi connectivity index (χ0) is 18.1. The summed E-state index contributed by atoms with van der Waals surface area (Å²) in [4.78, 5) is 20.0. The Hall–Kier alpha value is -2.45. The quantitative estimate of drug-likeness (QED) is 0.632. The van der Waals surface area contributed by atoms with Gasteiger partial charge in [-0.25, -0.2) is 0 Å². The zero-order valence-corrected chi connectivity index (χ0v) is 15.9. The Labute approximate surface area is 159 Å². The van der Waals surface area contributed by atoms with E-state index >= 15 is 0 Å². The van der Waals surface area contributed by atoms with Gasteiger partial charge in [-0.15, -0.1) is 21.5 Å². The zero-order valence-electron chi connectivity index (χ0n) is 14.2. The van der Waals surface area contributed by atoms with Crippen LogP contribution in [0.4, 0.5) is 5.69 Å². The summed E-state index contributed by atoms with van der Waals surface area (Å²) in [6.07, 6.45) is 1.67. The molecule has 1 aliphatic heterocycles. The SMILES string of the molecule is CCC(=O)N1c2ccccc2-c2nnc(SC)nc2OC1c1cccs1. The molecular formula is C18H16N4O2S2. The van der Waals surface area contributed by atoms with Gasteiger partial charge in [0.15, 0.2) is 5.69 Å². The molecule has 132 valence electrons. The Morgan fingerprint density at radius 3 is 2.85 bits per heavy atom. The first-order valence-electron chi connectivity index (χ1n) is 8.13. The van der Waals surface area contributed by atoms with E-state index < -0.39 is 6.23 Å². The molecule has 4 rings (SSSR count). The first-order valence-corrected chi connectivity index (χ1v) is 10.2. The normalized spacial score (nSPS) is 15.6. The minimum Gasteiger partial charge on any atom is -0.446 e. The van der Waals surface area contributed by atoms with Gasteiger partial charge in [0.25, 0.3) is 0 Å². The predicted octanol–water partition coefficient (Wildman–Crippen LogP) is 4.16. The molecule has 0 bridgehead atoms. The number of amides is 1. The van der Waals surface area contributed by atoms with Gasteiger partial charge < -0.3 is 4.74 Å². The van der Waals surface area contributed by atoms with Crippen LogP contribution in [0.15, 0.2) is 46.9 Å². The van der Waals surface area contributed by atoms with Gasteiger partial charge in [-0.05, 0) is 23.8 Å². The number of thiophene rings is 1. The van der Waals surface area contributed by atoms with E-state index in [4.69, 9.17) is 4.74 Å². The van der Waals surface area contributed by atoms with Crippen LogP contribution < -0.4 is 9.64 Å². The van der Waals surface area contributed by atoms with Gasteiger partial charge in [-0.1, -0.05) is 43.0 Å². The molecule has 0 saturated heterocycles. The minimum absolute atomic E-state index is 0.0262. The van der Waals surface area contributed by atoms with Crippen molar-refractivity contribution in [1.82, 2.24) is 15.2 Å². The maximum Gasteiger partial charge on any atom is 0.247 e. The fraction of sp³-hybridized carbons (Fsp3) is 0.222. The molecule has 0 fully saturated rings. The number of anilines is 1. The molecule has 3 heterocycles. The fourth-order valence-corrected chi connectivity index (χ4v) is 3.89. The van der Waals surface area contributed by atoms with E-state index in [1.165, 1.54) is 11.8 Å². The van der Waals surface area contributed by atoms with E-state index in [-0.39, 0.29) is 5.91 Å². The molecule has 1 atom stereocenters. The second-order valence-electron chi connectivity index (χ2n) is 5.57. The lowest BCUT2D eigenvalue weighted by molar-refractivity contribution is -0.120. The van der Waals surface area contributed by atoms with Gasteiger partial charge in [0.2, 0.25) is 23.2 Å². The monoisotopic (exact) mass is 384 g/mol. The van der Waals surface area contributed by atoms with E-state index in [1.807, 2.05) is 55.0 Å². The standard InChI is InChI=1S/C18H16N4O2S2/c1-3-14(23)22-12-8-5-4-7-11(12)15-16(19-18(25-2)21-20-15)24-17(22)13-9-6-10-26-13/h4-10,17H,3H2,1-2H3. The van der Waals surface area contributed by atoms with Crippen LogP contribution in [0.5, 0.6) is 5.88 Å². The Bertz CT molecular complexity index is 946. The number of ether oxygens (including phenoxy) is 1. The predicted molar refractivity (Wildman–Crippen MR) is 103 cm³/mol. The van der Waals surface area contributed by atoms with Crippen LogP contribution in [0, 0.1) is 0 Å². The van der Waals surface area contributed by atoms with Crippen molar-refractivity contribution in [3.05, 3.63) is 46.7 Å². The molecule has 6 nitrogen and oxygen atoms in total. The highest BCUT2D eigenvalue weighted by atomic mass is 32.2. The molecular weight excluding hydrogens is 368 g/mol. The number of hydrogen-bond donors (Lipinski definition) is 0. The van der Waals surface area contributed by atoms with E-state index in [2.05, 4.69) is 15.2 Å². The van der Waals surface area contributed by atoms with Crippen molar-refractivity contribution in [3.63, 3.8) is 0 Å². The van der Waals surface area contributed by atoms with Gasteiger partial charge >= 0.3 is 0 Å².